The van der Waals surface area contributed by atoms with Crippen molar-refractivity contribution in [2.75, 3.05) is 26.8 Å². The van der Waals surface area contributed by atoms with Crippen molar-refractivity contribution in [1.82, 2.24) is 14.8 Å². The van der Waals surface area contributed by atoms with Crippen LogP contribution in [0.5, 0.6) is 5.88 Å². The first-order chi connectivity index (χ1) is 10.1. The second kappa shape index (κ2) is 5.04. The van der Waals surface area contributed by atoms with E-state index in [4.69, 9.17) is 4.74 Å². The van der Waals surface area contributed by atoms with Crippen molar-refractivity contribution >= 4 is 17.9 Å². The average molecular weight is 291 g/mol. The van der Waals surface area contributed by atoms with Gasteiger partial charge in [0, 0.05) is 19.3 Å². The predicted molar refractivity (Wildman–Crippen MR) is 68.7 cm³/mol. The Labute approximate surface area is 120 Å². The van der Waals surface area contributed by atoms with Crippen LogP contribution in [-0.2, 0) is 9.53 Å². The summed E-state index contributed by atoms with van der Waals surface area (Å²) in [5, 5.41) is 0. The molecule has 2 aliphatic rings. The number of imide groups is 1. The van der Waals surface area contributed by atoms with Gasteiger partial charge in [0.1, 0.15) is 5.56 Å². The fraction of sp³-hybridized carbons (Fsp3) is 0.385. The summed E-state index contributed by atoms with van der Waals surface area (Å²) in [4.78, 5) is 41.8. The van der Waals surface area contributed by atoms with E-state index in [1.165, 1.54) is 18.2 Å². The molecule has 2 aliphatic heterocycles. The van der Waals surface area contributed by atoms with Gasteiger partial charge in [-0.3, -0.25) is 9.59 Å². The number of carbonyl (C=O) groups is 3. The molecule has 0 N–H and O–H groups in total. The monoisotopic (exact) mass is 291 g/mol. The molecule has 1 aromatic rings. The van der Waals surface area contributed by atoms with E-state index in [9.17, 15) is 14.4 Å². The van der Waals surface area contributed by atoms with Crippen LogP contribution in [0.25, 0.3) is 0 Å². The summed E-state index contributed by atoms with van der Waals surface area (Å²) in [5.74, 6) is -0.352. The lowest BCUT2D eigenvalue weighted by atomic mass is 10.1. The Bertz CT molecular complexity index is 596. The van der Waals surface area contributed by atoms with Crippen molar-refractivity contribution in [1.29, 1.82) is 0 Å². The number of amides is 3. The molecule has 0 bridgehead atoms. The van der Waals surface area contributed by atoms with Crippen molar-refractivity contribution in [3.63, 3.8) is 0 Å². The van der Waals surface area contributed by atoms with Gasteiger partial charge in [0.05, 0.1) is 13.2 Å². The fourth-order valence-electron chi connectivity index (χ4n) is 2.39. The molecule has 8 heteroatoms. The number of ether oxygens (including phenoxy) is 2. The smallest absolute Gasteiger partial charge is 0.417 e. The van der Waals surface area contributed by atoms with Crippen LogP contribution in [-0.4, -0.2) is 65.5 Å². The molecule has 0 aliphatic carbocycles. The van der Waals surface area contributed by atoms with Crippen molar-refractivity contribution in [3.8, 4) is 5.88 Å². The molecule has 2 saturated heterocycles. The number of pyridine rings is 1. The molecule has 3 amide bonds. The zero-order valence-electron chi connectivity index (χ0n) is 11.3. The Kier molecular flexibility index (Phi) is 3.20. The molecular formula is C13H13N3O5. The van der Waals surface area contributed by atoms with Crippen LogP contribution in [0, 0.1) is 0 Å². The Morgan fingerprint density at radius 1 is 1.43 bits per heavy atom. The Hall–Kier alpha value is -2.64. The van der Waals surface area contributed by atoms with E-state index in [0.29, 0.717) is 5.56 Å². The highest BCUT2D eigenvalue weighted by Crippen LogP contribution is 2.24. The van der Waals surface area contributed by atoms with E-state index >= 15 is 0 Å². The number of aromatic nitrogens is 1. The van der Waals surface area contributed by atoms with E-state index in [-0.39, 0.29) is 43.4 Å². The molecule has 0 aromatic carbocycles. The number of methoxy groups -OCH3 is 1. The van der Waals surface area contributed by atoms with Crippen molar-refractivity contribution < 1.29 is 23.9 Å². The molecular weight excluding hydrogens is 278 g/mol. The third-order valence-electron chi connectivity index (χ3n) is 3.49. The van der Waals surface area contributed by atoms with Crippen LogP contribution in [0.2, 0.25) is 0 Å². The Morgan fingerprint density at radius 2 is 2.19 bits per heavy atom. The van der Waals surface area contributed by atoms with E-state index in [1.807, 2.05) is 0 Å². The first kappa shape index (κ1) is 13.3. The zero-order valence-corrected chi connectivity index (χ0v) is 11.3. The highest BCUT2D eigenvalue weighted by atomic mass is 16.6. The van der Waals surface area contributed by atoms with E-state index in [0.717, 1.165) is 4.90 Å². The molecule has 2 fully saturated rings. The number of rotatable bonds is 3. The summed E-state index contributed by atoms with van der Waals surface area (Å²) in [6, 6.07) is 2.95. The van der Waals surface area contributed by atoms with Crippen LogP contribution >= 0.6 is 0 Å². The van der Waals surface area contributed by atoms with Crippen molar-refractivity contribution in [3.05, 3.63) is 23.9 Å². The second-order valence-electron chi connectivity index (χ2n) is 4.74. The van der Waals surface area contributed by atoms with Gasteiger partial charge in [-0.25, -0.2) is 14.7 Å². The Morgan fingerprint density at radius 3 is 2.81 bits per heavy atom. The summed E-state index contributed by atoms with van der Waals surface area (Å²) in [6.07, 6.45) is 0.893. The molecule has 0 unspecified atom stereocenters. The van der Waals surface area contributed by atoms with E-state index < -0.39 is 6.09 Å². The van der Waals surface area contributed by atoms with Crippen LogP contribution in [0.3, 0.4) is 0 Å². The fourth-order valence-corrected chi connectivity index (χ4v) is 2.39. The molecule has 0 atom stereocenters. The summed E-state index contributed by atoms with van der Waals surface area (Å²) in [5.41, 5.74) is 0.355. The first-order valence-corrected chi connectivity index (χ1v) is 6.39. The lowest BCUT2D eigenvalue weighted by Gasteiger charge is -2.41. The minimum atomic E-state index is -0.643. The van der Waals surface area contributed by atoms with Crippen LogP contribution in [0.1, 0.15) is 10.4 Å². The lowest BCUT2D eigenvalue weighted by molar-refractivity contribution is -0.129. The molecule has 0 spiro atoms. The quantitative estimate of drug-likeness (QED) is 0.772. The van der Waals surface area contributed by atoms with Crippen LogP contribution < -0.4 is 4.74 Å². The summed E-state index contributed by atoms with van der Waals surface area (Å²) in [6.45, 7) is 0.356. The van der Waals surface area contributed by atoms with Gasteiger partial charge < -0.3 is 14.4 Å². The molecule has 1 aromatic heterocycles. The molecule has 3 heterocycles. The maximum atomic E-state index is 12.3. The van der Waals surface area contributed by atoms with Gasteiger partial charge >= 0.3 is 6.09 Å². The standard InChI is InChI=1S/C13H13N3O5/c1-20-11-9(3-2-4-14-11)12(18)15-5-8(6-15)16-10(17)7-21-13(16)19/h2-4,8H,5-7H2,1H3. The minimum absolute atomic E-state index is 0.223. The molecule has 110 valence electrons. The SMILES string of the molecule is COc1ncccc1C(=O)N1CC(N2C(=O)COC2=O)C1. The van der Waals surface area contributed by atoms with Crippen molar-refractivity contribution in [2.24, 2.45) is 0 Å². The van der Waals surface area contributed by atoms with Gasteiger partial charge in [-0.1, -0.05) is 0 Å². The number of hydrogen-bond donors (Lipinski definition) is 0. The predicted octanol–water partition coefficient (Wildman–Crippen LogP) is -0.107. The molecule has 3 rings (SSSR count). The van der Waals surface area contributed by atoms with E-state index in [2.05, 4.69) is 9.72 Å². The summed E-state index contributed by atoms with van der Waals surface area (Å²) >= 11 is 0. The number of nitrogens with zero attached hydrogens (tertiary/aromatic N) is 3. The molecule has 21 heavy (non-hydrogen) atoms. The minimum Gasteiger partial charge on any atom is -0.480 e. The van der Waals surface area contributed by atoms with Gasteiger partial charge in [0.25, 0.3) is 11.8 Å². The largest absolute Gasteiger partial charge is 0.480 e. The Balaban J connectivity index is 1.67. The topological polar surface area (TPSA) is 89.0 Å². The molecule has 0 saturated carbocycles. The second-order valence-corrected chi connectivity index (χ2v) is 4.74. The highest BCUT2D eigenvalue weighted by molar-refractivity contribution is 6.00. The highest BCUT2D eigenvalue weighted by Gasteiger charge is 2.44. The third-order valence-corrected chi connectivity index (χ3v) is 3.49. The normalized spacial score (nSPS) is 18.5. The molecule has 0 radical (unpaired) electrons. The first-order valence-electron chi connectivity index (χ1n) is 6.39. The van der Waals surface area contributed by atoms with Gasteiger partial charge in [-0.05, 0) is 12.1 Å². The van der Waals surface area contributed by atoms with Gasteiger partial charge in [-0.15, -0.1) is 0 Å². The van der Waals surface area contributed by atoms with Crippen LogP contribution in [0.4, 0.5) is 4.79 Å². The lowest BCUT2D eigenvalue weighted by Crippen LogP contribution is -2.62. The average Bonchev–Trinajstić information content (AvgIpc) is 2.77. The third kappa shape index (κ3) is 2.18. The molecule has 8 nitrogen and oxygen atoms in total. The van der Waals surface area contributed by atoms with Crippen LogP contribution in [0.15, 0.2) is 18.3 Å². The van der Waals surface area contributed by atoms with E-state index in [1.54, 1.807) is 12.1 Å². The summed E-state index contributed by atoms with van der Waals surface area (Å²) in [7, 11) is 1.44. The van der Waals surface area contributed by atoms with Crippen molar-refractivity contribution in [2.45, 2.75) is 6.04 Å². The van der Waals surface area contributed by atoms with Gasteiger partial charge in [0.15, 0.2) is 6.61 Å². The maximum Gasteiger partial charge on any atom is 0.417 e. The zero-order chi connectivity index (χ0) is 15.0. The van der Waals surface area contributed by atoms with Gasteiger partial charge in [-0.2, -0.15) is 0 Å². The van der Waals surface area contributed by atoms with Gasteiger partial charge in [0.2, 0.25) is 5.88 Å². The maximum absolute atomic E-state index is 12.3. The number of cyclic esters (lactones) is 1. The number of carbonyl (C=O) groups excluding carboxylic acids is 3. The number of hydrogen-bond acceptors (Lipinski definition) is 6. The number of likely N-dealkylation sites (tertiary alicyclic amines) is 1. The summed E-state index contributed by atoms with van der Waals surface area (Å²) < 4.78 is 9.70.